The molecule has 0 spiro atoms. The lowest BCUT2D eigenvalue weighted by Crippen LogP contribution is -2.53. The molecule has 126 valence electrons. The number of nitrogens with one attached hydrogen (secondary N) is 1. The van der Waals surface area contributed by atoms with E-state index in [1.54, 1.807) is 4.31 Å². The Morgan fingerprint density at radius 1 is 1.19 bits per heavy atom. The molecule has 2 aliphatic rings. The van der Waals surface area contributed by atoms with Crippen LogP contribution < -0.4 is 10.5 Å². The highest BCUT2D eigenvalue weighted by Gasteiger charge is 2.31. The molecule has 1 aliphatic heterocycles. The summed E-state index contributed by atoms with van der Waals surface area (Å²) in [5.41, 5.74) is 5.82. The van der Waals surface area contributed by atoms with Crippen molar-refractivity contribution >= 4 is 22.6 Å². The second-order valence-corrected chi connectivity index (χ2v) is 8.17. The maximum atomic E-state index is 12.5. The Bertz CT molecular complexity index is 399. The van der Waals surface area contributed by atoms with Crippen molar-refractivity contribution in [1.82, 2.24) is 9.03 Å². The van der Waals surface area contributed by atoms with Gasteiger partial charge < -0.3 is 5.73 Å². The number of hydrogen-bond acceptors (Lipinski definition) is 3. The van der Waals surface area contributed by atoms with E-state index in [2.05, 4.69) is 11.6 Å². The van der Waals surface area contributed by atoms with E-state index in [0.717, 1.165) is 25.7 Å². The van der Waals surface area contributed by atoms with Crippen LogP contribution in [0.4, 0.5) is 0 Å². The molecule has 21 heavy (non-hydrogen) atoms. The second-order valence-electron chi connectivity index (χ2n) is 6.47. The van der Waals surface area contributed by atoms with Crippen molar-refractivity contribution < 1.29 is 8.42 Å². The quantitative estimate of drug-likeness (QED) is 0.803. The van der Waals surface area contributed by atoms with Gasteiger partial charge in [0.1, 0.15) is 0 Å². The molecule has 1 heterocycles. The second kappa shape index (κ2) is 8.67. The zero-order valence-electron chi connectivity index (χ0n) is 13.0. The first-order valence-electron chi connectivity index (χ1n) is 8.00. The molecule has 2 atom stereocenters. The smallest absolute Gasteiger partial charge is 0.279 e. The van der Waals surface area contributed by atoms with Crippen LogP contribution in [0.25, 0.3) is 0 Å². The Morgan fingerprint density at radius 2 is 1.86 bits per heavy atom. The van der Waals surface area contributed by atoms with Crippen molar-refractivity contribution in [3.05, 3.63) is 0 Å². The average Bonchev–Trinajstić information content (AvgIpc) is 2.46. The Morgan fingerprint density at radius 3 is 2.43 bits per heavy atom. The Kier molecular flexibility index (Phi) is 7.92. The first-order valence-corrected chi connectivity index (χ1v) is 9.44. The molecule has 0 aromatic rings. The third-order valence-corrected chi connectivity index (χ3v) is 6.34. The summed E-state index contributed by atoms with van der Waals surface area (Å²) in [5.74, 6) is 0.858. The molecular formula is C14H30ClN3O2S. The van der Waals surface area contributed by atoms with Crippen LogP contribution >= 0.6 is 12.4 Å². The van der Waals surface area contributed by atoms with E-state index in [-0.39, 0.29) is 18.4 Å². The number of nitrogens with zero attached hydrogens (tertiary/aromatic N) is 1. The highest BCUT2D eigenvalue weighted by atomic mass is 35.5. The van der Waals surface area contributed by atoms with Crippen molar-refractivity contribution in [3.8, 4) is 0 Å². The van der Waals surface area contributed by atoms with Crippen LogP contribution in [0.1, 0.15) is 51.9 Å². The van der Waals surface area contributed by atoms with E-state index in [9.17, 15) is 8.42 Å². The summed E-state index contributed by atoms with van der Waals surface area (Å²) in [6.45, 7) is 3.79. The maximum absolute atomic E-state index is 12.5. The fraction of sp³-hybridized carbons (Fsp3) is 1.00. The Labute approximate surface area is 135 Å². The first kappa shape index (κ1) is 19.2. The highest BCUT2D eigenvalue weighted by molar-refractivity contribution is 7.87. The number of hydrogen-bond donors (Lipinski definition) is 2. The van der Waals surface area contributed by atoms with Crippen LogP contribution in [0.5, 0.6) is 0 Å². The topological polar surface area (TPSA) is 75.4 Å². The fourth-order valence-electron chi connectivity index (χ4n) is 3.50. The third kappa shape index (κ3) is 5.36. The molecule has 0 radical (unpaired) electrons. The number of halogens is 1. The van der Waals surface area contributed by atoms with Gasteiger partial charge in [0.2, 0.25) is 0 Å². The van der Waals surface area contributed by atoms with E-state index in [1.165, 1.54) is 19.3 Å². The SMILES string of the molecule is CC1CCCN(S(=O)(=O)NC(CN)C2CCCCC2)C1.Cl. The van der Waals surface area contributed by atoms with Gasteiger partial charge in [-0.25, -0.2) is 0 Å². The summed E-state index contributed by atoms with van der Waals surface area (Å²) in [6.07, 6.45) is 7.94. The standard InChI is InChI=1S/C14H29N3O2S.ClH/c1-12-6-5-9-17(11-12)20(18,19)16-14(10-15)13-7-3-2-4-8-13;/h12-14,16H,2-11,15H2,1H3;1H. The van der Waals surface area contributed by atoms with Crippen molar-refractivity contribution in [1.29, 1.82) is 0 Å². The summed E-state index contributed by atoms with van der Waals surface area (Å²) >= 11 is 0. The third-order valence-electron chi connectivity index (χ3n) is 4.73. The predicted molar refractivity (Wildman–Crippen MR) is 88.7 cm³/mol. The van der Waals surface area contributed by atoms with Crippen LogP contribution in [-0.2, 0) is 10.2 Å². The summed E-state index contributed by atoms with van der Waals surface area (Å²) in [4.78, 5) is 0. The Hall–Kier alpha value is 0.120. The van der Waals surface area contributed by atoms with E-state index >= 15 is 0 Å². The maximum Gasteiger partial charge on any atom is 0.279 e. The van der Waals surface area contributed by atoms with Crippen LogP contribution in [0.3, 0.4) is 0 Å². The van der Waals surface area contributed by atoms with Crippen LogP contribution in [-0.4, -0.2) is 38.4 Å². The molecule has 0 aromatic carbocycles. The molecule has 3 N–H and O–H groups in total. The highest BCUT2D eigenvalue weighted by Crippen LogP contribution is 2.27. The fourth-order valence-corrected chi connectivity index (χ4v) is 5.14. The summed E-state index contributed by atoms with van der Waals surface area (Å²) < 4.78 is 29.5. The first-order chi connectivity index (χ1) is 9.53. The molecule has 2 rings (SSSR count). The molecule has 5 nitrogen and oxygen atoms in total. The summed E-state index contributed by atoms with van der Waals surface area (Å²) in [7, 11) is -3.37. The molecule has 2 unspecified atom stereocenters. The molecule has 0 aromatic heterocycles. The Balaban J connectivity index is 0.00000220. The molecule has 1 saturated heterocycles. The van der Waals surface area contributed by atoms with Crippen LogP contribution in [0.2, 0.25) is 0 Å². The molecule has 1 aliphatic carbocycles. The van der Waals surface area contributed by atoms with Gasteiger partial charge in [0, 0.05) is 25.7 Å². The van der Waals surface area contributed by atoms with Gasteiger partial charge >= 0.3 is 0 Å². The minimum Gasteiger partial charge on any atom is -0.329 e. The van der Waals surface area contributed by atoms with E-state index in [1.807, 2.05) is 0 Å². The van der Waals surface area contributed by atoms with Gasteiger partial charge in [-0.05, 0) is 37.5 Å². The molecule has 2 fully saturated rings. The predicted octanol–water partition coefficient (Wildman–Crippen LogP) is 1.88. The van der Waals surface area contributed by atoms with Crippen molar-refractivity contribution in [3.63, 3.8) is 0 Å². The van der Waals surface area contributed by atoms with Gasteiger partial charge in [0.05, 0.1) is 0 Å². The lowest BCUT2D eigenvalue weighted by atomic mass is 9.84. The van der Waals surface area contributed by atoms with Crippen molar-refractivity contribution in [2.24, 2.45) is 17.6 Å². The van der Waals surface area contributed by atoms with Crippen molar-refractivity contribution in [2.75, 3.05) is 19.6 Å². The van der Waals surface area contributed by atoms with Gasteiger partial charge in [0.25, 0.3) is 10.2 Å². The number of rotatable bonds is 5. The van der Waals surface area contributed by atoms with E-state index in [0.29, 0.717) is 31.5 Å². The van der Waals surface area contributed by atoms with Gasteiger partial charge in [-0.15, -0.1) is 12.4 Å². The van der Waals surface area contributed by atoms with Gasteiger partial charge in [-0.3, -0.25) is 0 Å². The summed E-state index contributed by atoms with van der Waals surface area (Å²) in [5, 5.41) is 0. The van der Waals surface area contributed by atoms with Crippen LogP contribution in [0.15, 0.2) is 0 Å². The van der Waals surface area contributed by atoms with E-state index in [4.69, 9.17) is 5.73 Å². The molecular weight excluding hydrogens is 310 g/mol. The normalized spacial score (nSPS) is 27.0. The summed E-state index contributed by atoms with van der Waals surface area (Å²) in [6, 6.07) is -0.0995. The molecule has 1 saturated carbocycles. The zero-order chi connectivity index (χ0) is 14.6. The largest absolute Gasteiger partial charge is 0.329 e. The monoisotopic (exact) mass is 339 g/mol. The molecule has 7 heteroatoms. The van der Waals surface area contributed by atoms with Crippen molar-refractivity contribution in [2.45, 2.75) is 57.9 Å². The molecule has 0 bridgehead atoms. The minimum atomic E-state index is -3.37. The lowest BCUT2D eigenvalue weighted by molar-refractivity contribution is 0.262. The van der Waals surface area contributed by atoms with Gasteiger partial charge in [-0.1, -0.05) is 26.2 Å². The van der Waals surface area contributed by atoms with Crippen LogP contribution in [0, 0.1) is 11.8 Å². The number of piperidine rings is 1. The van der Waals surface area contributed by atoms with Gasteiger partial charge in [0.15, 0.2) is 0 Å². The minimum absolute atomic E-state index is 0. The number of nitrogens with two attached hydrogens (primary N) is 1. The average molecular weight is 340 g/mol. The molecule has 0 amide bonds. The van der Waals surface area contributed by atoms with E-state index < -0.39 is 10.2 Å². The lowest BCUT2D eigenvalue weighted by Gasteiger charge is -2.34. The zero-order valence-corrected chi connectivity index (χ0v) is 14.6. The van der Waals surface area contributed by atoms with Gasteiger partial charge in [-0.2, -0.15) is 17.4 Å².